The molecule has 0 spiro atoms. The zero-order valence-electron chi connectivity index (χ0n) is 15.9. The van der Waals surface area contributed by atoms with Crippen LogP contribution in [0, 0.1) is 6.92 Å². The highest BCUT2D eigenvalue weighted by atomic mass is 16.5. The number of primary amides is 1. The third-order valence-corrected chi connectivity index (χ3v) is 4.83. The van der Waals surface area contributed by atoms with Crippen LogP contribution < -0.4 is 15.8 Å². The third-order valence-electron chi connectivity index (χ3n) is 4.83. The van der Waals surface area contributed by atoms with Crippen molar-refractivity contribution in [2.24, 2.45) is 5.73 Å². The van der Waals surface area contributed by atoms with Gasteiger partial charge in [0.25, 0.3) is 0 Å². The van der Waals surface area contributed by atoms with Crippen molar-refractivity contribution in [1.82, 2.24) is 14.8 Å². The predicted molar refractivity (Wildman–Crippen MR) is 107 cm³/mol. The SMILES string of the molecule is COc1ccc(C2C(C(N)=O)=C(C)Nc3nc(-c4cccc(C)c4)nn32)cc1. The highest BCUT2D eigenvalue weighted by Crippen LogP contribution is 2.36. The van der Waals surface area contributed by atoms with Gasteiger partial charge in [0.1, 0.15) is 11.8 Å². The molecule has 142 valence electrons. The summed E-state index contributed by atoms with van der Waals surface area (Å²) in [4.78, 5) is 16.9. The van der Waals surface area contributed by atoms with Crippen LogP contribution >= 0.6 is 0 Å². The van der Waals surface area contributed by atoms with E-state index >= 15 is 0 Å². The van der Waals surface area contributed by atoms with Crippen LogP contribution in [-0.4, -0.2) is 27.8 Å². The zero-order valence-corrected chi connectivity index (χ0v) is 15.9. The monoisotopic (exact) mass is 375 g/mol. The fourth-order valence-corrected chi connectivity index (χ4v) is 3.47. The van der Waals surface area contributed by atoms with E-state index in [-0.39, 0.29) is 0 Å². The molecule has 1 aliphatic heterocycles. The second kappa shape index (κ2) is 6.84. The van der Waals surface area contributed by atoms with E-state index in [9.17, 15) is 4.79 Å². The minimum absolute atomic E-state index is 0.457. The molecular weight excluding hydrogens is 354 g/mol. The number of aryl methyl sites for hydroxylation is 1. The summed E-state index contributed by atoms with van der Waals surface area (Å²) in [5.74, 6) is 1.39. The van der Waals surface area contributed by atoms with Gasteiger partial charge in [0, 0.05) is 11.3 Å². The van der Waals surface area contributed by atoms with Crippen molar-refractivity contribution in [3.8, 4) is 17.1 Å². The van der Waals surface area contributed by atoms with Crippen LogP contribution in [0.3, 0.4) is 0 Å². The van der Waals surface area contributed by atoms with Crippen molar-refractivity contribution >= 4 is 11.9 Å². The number of carbonyl (C=O) groups is 1. The Bertz CT molecular complexity index is 1080. The van der Waals surface area contributed by atoms with Crippen molar-refractivity contribution in [3.63, 3.8) is 0 Å². The molecule has 1 unspecified atom stereocenters. The Kier molecular flexibility index (Phi) is 4.35. The molecule has 7 heteroatoms. The molecular formula is C21H21N5O2. The number of rotatable bonds is 4. The first-order chi connectivity index (χ1) is 13.5. The van der Waals surface area contributed by atoms with Crippen molar-refractivity contribution in [1.29, 1.82) is 0 Å². The molecule has 7 nitrogen and oxygen atoms in total. The van der Waals surface area contributed by atoms with E-state index in [0.29, 0.717) is 23.0 Å². The first-order valence-corrected chi connectivity index (χ1v) is 8.93. The summed E-state index contributed by atoms with van der Waals surface area (Å²) in [5, 5.41) is 7.86. The zero-order chi connectivity index (χ0) is 19.8. The van der Waals surface area contributed by atoms with Crippen LogP contribution in [0.5, 0.6) is 5.75 Å². The Morgan fingerprint density at radius 3 is 2.57 bits per heavy atom. The fraction of sp³-hybridized carbons (Fsp3) is 0.190. The maximum Gasteiger partial charge on any atom is 0.248 e. The molecule has 28 heavy (non-hydrogen) atoms. The topological polar surface area (TPSA) is 95.1 Å². The molecule has 4 rings (SSSR count). The maximum absolute atomic E-state index is 12.2. The molecule has 1 aromatic heterocycles. The van der Waals surface area contributed by atoms with E-state index in [1.54, 1.807) is 11.8 Å². The number of nitrogens with two attached hydrogens (primary N) is 1. The number of aromatic nitrogens is 3. The Morgan fingerprint density at radius 2 is 1.93 bits per heavy atom. The molecule has 0 fully saturated rings. The summed E-state index contributed by atoms with van der Waals surface area (Å²) in [6.07, 6.45) is 0. The van der Waals surface area contributed by atoms with Crippen molar-refractivity contribution in [3.05, 3.63) is 70.9 Å². The molecule has 2 heterocycles. The molecule has 2 aromatic carbocycles. The summed E-state index contributed by atoms with van der Waals surface area (Å²) in [6, 6.07) is 15.0. The third kappa shape index (κ3) is 3.00. The average molecular weight is 375 g/mol. The lowest BCUT2D eigenvalue weighted by molar-refractivity contribution is -0.115. The highest BCUT2D eigenvalue weighted by molar-refractivity contribution is 5.95. The fourth-order valence-electron chi connectivity index (χ4n) is 3.47. The van der Waals surface area contributed by atoms with Crippen LogP contribution in [0.15, 0.2) is 59.8 Å². The number of anilines is 1. The van der Waals surface area contributed by atoms with Gasteiger partial charge >= 0.3 is 0 Å². The second-order valence-corrected chi connectivity index (χ2v) is 6.78. The van der Waals surface area contributed by atoms with Gasteiger partial charge in [0.2, 0.25) is 11.9 Å². The highest BCUT2D eigenvalue weighted by Gasteiger charge is 2.33. The van der Waals surface area contributed by atoms with E-state index in [0.717, 1.165) is 22.4 Å². The van der Waals surface area contributed by atoms with Gasteiger partial charge in [-0.3, -0.25) is 4.79 Å². The average Bonchev–Trinajstić information content (AvgIpc) is 3.10. The Labute approximate surface area is 162 Å². The quantitative estimate of drug-likeness (QED) is 0.731. The van der Waals surface area contributed by atoms with Gasteiger partial charge in [0.05, 0.1) is 12.7 Å². The van der Waals surface area contributed by atoms with Gasteiger partial charge in [-0.1, -0.05) is 35.9 Å². The van der Waals surface area contributed by atoms with Crippen LogP contribution in [0.4, 0.5) is 5.95 Å². The molecule has 0 saturated heterocycles. The number of benzene rings is 2. The standard InChI is InChI=1S/C21H21N5O2/c1-12-5-4-6-15(11-12)20-24-21-23-13(2)17(19(22)27)18(26(21)25-20)14-7-9-16(28-3)10-8-14/h4-11,18H,1-3H3,(H2,22,27)(H,23,24,25). The van der Waals surface area contributed by atoms with Crippen LogP contribution in [-0.2, 0) is 4.79 Å². The van der Waals surface area contributed by atoms with E-state index in [1.165, 1.54) is 0 Å². The van der Waals surface area contributed by atoms with Gasteiger partial charge in [-0.05, 0) is 37.6 Å². The Balaban J connectivity index is 1.86. The lowest BCUT2D eigenvalue weighted by Crippen LogP contribution is -2.31. The van der Waals surface area contributed by atoms with E-state index in [4.69, 9.17) is 15.6 Å². The first kappa shape index (κ1) is 17.8. The number of nitrogens with zero attached hydrogens (tertiary/aromatic N) is 3. The summed E-state index contributed by atoms with van der Waals surface area (Å²) in [6.45, 7) is 3.84. The summed E-state index contributed by atoms with van der Waals surface area (Å²) in [5.41, 5.74) is 9.75. The molecule has 0 radical (unpaired) electrons. The number of fused-ring (bicyclic) bond motifs is 1. The minimum Gasteiger partial charge on any atom is -0.497 e. The number of allylic oxidation sites excluding steroid dienone is 1. The van der Waals surface area contributed by atoms with E-state index in [1.807, 2.05) is 62.4 Å². The number of hydrogen-bond acceptors (Lipinski definition) is 5. The van der Waals surface area contributed by atoms with Crippen molar-refractivity contribution in [2.75, 3.05) is 12.4 Å². The number of methoxy groups -OCH3 is 1. The smallest absolute Gasteiger partial charge is 0.248 e. The van der Waals surface area contributed by atoms with Gasteiger partial charge in [-0.2, -0.15) is 4.98 Å². The van der Waals surface area contributed by atoms with Crippen LogP contribution in [0.1, 0.15) is 24.1 Å². The van der Waals surface area contributed by atoms with Crippen molar-refractivity contribution in [2.45, 2.75) is 19.9 Å². The summed E-state index contributed by atoms with van der Waals surface area (Å²) in [7, 11) is 1.61. The summed E-state index contributed by atoms with van der Waals surface area (Å²) >= 11 is 0. The first-order valence-electron chi connectivity index (χ1n) is 8.93. The van der Waals surface area contributed by atoms with Gasteiger partial charge in [0.15, 0.2) is 5.82 Å². The normalized spacial score (nSPS) is 15.8. The number of ether oxygens (including phenoxy) is 1. The molecule has 0 bridgehead atoms. The van der Waals surface area contributed by atoms with Gasteiger partial charge in [-0.15, -0.1) is 5.10 Å². The Hall–Kier alpha value is -3.61. The molecule has 1 amide bonds. The molecule has 0 aliphatic carbocycles. The predicted octanol–water partition coefficient (Wildman–Crippen LogP) is 3.04. The minimum atomic E-state index is -0.496. The lowest BCUT2D eigenvalue weighted by Gasteiger charge is -2.27. The maximum atomic E-state index is 12.2. The van der Waals surface area contributed by atoms with Crippen molar-refractivity contribution < 1.29 is 9.53 Å². The number of amides is 1. The molecule has 0 saturated carbocycles. The largest absolute Gasteiger partial charge is 0.497 e. The van der Waals surface area contributed by atoms with E-state index in [2.05, 4.69) is 10.3 Å². The van der Waals surface area contributed by atoms with Crippen LogP contribution in [0.25, 0.3) is 11.4 Å². The molecule has 1 atom stereocenters. The molecule has 3 N–H and O–H groups in total. The number of nitrogens with one attached hydrogen (secondary N) is 1. The number of hydrogen-bond donors (Lipinski definition) is 2. The molecule has 3 aromatic rings. The van der Waals surface area contributed by atoms with Gasteiger partial charge in [-0.25, -0.2) is 4.68 Å². The summed E-state index contributed by atoms with van der Waals surface area (Å²) < 4.78 is 6.96. The van der Waals surface area contributed by atoms with Gasteiger partial charge < -0.3 is 15.8 Å². The van der Waals surface area contributed by atoms with Crippen LogP contribution in [0.2, 0.25) is 0 Å². The lowest BCUT2D eigenvalue weighted by atomic mass is 9.95. The molecule has 1 aliphatic rings. The Morgan fingerprint density at radius 1 is 1.18 bits per heavy atom. The van der Waals surface area contributed by atoms with E-state index < -0.39 is 11.9 Å². The second-order valence-electron chi connectivity index (χ2n) is 6.78. The number of carbonyl (C=O) groups excluding carboxylic acids is 1.